The van der Waals surface area contributed by atoms with Gasteiger partial charge in [0.2, 0.25) is 0 Å². The van der Waals surface area contributed by atoms with Gasteiger partial charge in [0.05, 0.1) is 0 Å². The monoisotopic (exact) mass is 249 g/mol. The first-order valence-electron chi connectivity index (χ1n) is 6.15. The second kappa shape index (κ2) is 6.40. The molecule has 1 aromatic rings. The van der Waals surface area contributed by atoms with Crippen LogP contribution in [0.15, 0.2) is 23.4 Å². The second-order valence-corrected chi connectivity index (χ2v) is 5.12. The van der Waals surface area contributed by atoms with E-state index in [4.69, 9.17) is 10.9 Å². The molecular weight excluding hydrogens is 226 g/mol. The first-order valence-corrected chi connectivity index (χ1v) is 6.15. The van der Waals surface area contributed by atoms with Crippen molar-refractivity contribution in [1.82, 2.24) is 4.90 Å². The van der Waals surface area contributed by atoms with Gasteiger partial charge in [-0.05, 0) is 26.5 Å². The molecule has 4 heteroatoms. The van der Waals surface area contributed by atoms with Gasteiger partial charge < -0.3 is 15.8 Å². The average molecular weight is 249 g/mol. The van der Waals surface area contributed by atoms with E-state index in [1.165, 1.54) is 16.7 Å². The van der Waals surface area contributed by atoms with Crippen molar-refractivity contribution in [2.75, 3.05) is 13.6 Å². The molecule has 0 aromatic heterocycles. The number of benzene rings is 1. The topological polar surface area (TPSA) is 61.8 Å². The summed E-state index contributed by atoms with van der Waals surface area (Å²) in [6, 6.07) is 6.55. The fraction of sp³-hybridized carbons (Fsp3) is 0.500. The van der Waals surface area contributed by atoms with Crippen LogP contribution in [0.2, 0.25) is 0 Å². The minimum absolute atomic E-state index is 0.0471. The Hall–Kier alpha value is -1.55. The van der Waals surface area contributed by atoms with Gasteiger partial charge in [0.25, 0.3) is 0 Å². The minimum atomic E-state index is 0.0471. The molecule has 0 spiro atoms. The van der Waals surface area contributed by atoms with Crippen molar-refractivity contribution in [2.24, 2.45) is 16.8 Å². The summed E-state index contributed by atoms with van der Waals surface area (Å²) in [7, 11) is 2.04. The number of oxime groups is 1. The van der Waals surface area contributed by atoms with Crippen molar-refractivity contribution >= 4 is 5.84 Å². The zero-order valence-electron chi connectivity index (χ0n) is 11.6. The normalized spacial score (nSPS) is 13.9. The second-order valence-electron chi connectivity index (χ2n) is 5.12. The fourth-order valence-corrected chi connectivity index (χ4v) is 2.20. The number of rotatable bonds is 5. The van der Waals surface area contributed by atoms with E-state index in [9.17, 15) is 0 Å². The molecule has 4 nitrogen and oxygen atoms in total. The summed E-state index contributed by atoms with van der Waals surface area (Å²) in [6.07, 6.45) is 0. The first-order chi connectivity index (χ1) is 8.42. The molecule has 0 bridgehead atoms. The molecule has 3 N–H and O–H groups in total. The summed E-state index contributed by atoms with van der Waals surface area (Å²) >= 11 is 0. The van der Waals surface area contributed by atoms with Gasteiger partial charge in [-0.25, -0.2) is 0 Å². The van der Waals surface area contributed by atoms with Crippen LogP contribution in [-0.2, 0) is 6.54 Å². The van der Waals surface area contributed by atoms with Crippen LogP contribution in [0.25, 0.3) is 0 Å². The van der Waals surface area contributed by atoms with Crippen LogP contribution >= 0.6 is 0 Å². The van der Waals surface area contributed by atoms with Crippen molar-refractivity contribution in [3.63, 3.8) is 0 Å². The van der Waals surface area contributed by atoms with Crippen LogP contribution in [0.5, 0.6) is 0 Å². The van der Waals surface area contributed by atoms with E-state index in [1.807, 2.05) is 14.0 Å². The van der Waals surface area contributed by atoms with Gasteiger partial charge in [0.1, 0.15) is 5.84 Å². The van der Waals surface area contributed by atoms with Gasteiger partial charge in [-0.2, -0.15) is 0 Å². The predicted molar refractivity (Wildman–Crippen MR) is 74.8 cm³/mol. The zero-order chi connectivity index (χ0) is 13.7. The summed E-state index contributed by atoms with van der Waals surface area (Å²) in [4.78, 5) is 2.18. The van der Waals surface area contributed by atoms with Crippen LogP contribution in [0.4, 0.5) is 0 Å². The van der Waals surface area contributed by atoms with E-state index in [1.54, 1.807) is 0 Å². The Kier molecular flexibility index (Phi) is 5.16. The molecule has 0 aliphatic rings. The molecule has 0 amide bonds. The highest BCUT2D eigenvalue weighted by Gasteiger charge is 2.11. The molecule has 0 fully saturated rings. The molecule has 0 saturated heterocycles. The van der Waals surface area contributed by atoms with E-state index in [2.05, 4.69) is 42.1 Å². The number of amidine groups is 1. The molecule has 0 aliphatic carbocycles. The lowest BCUT2D eigenvalue weighted by Gasteiger charge is -2.21. The molecule has 1 atom stereocenters. The molecule has 1 rings (SSSR count). The third-order valence-electron chi connectivity index (χ3n) is 2.94. The molecule has 18 heavy (non-hydrogen) atoms. The van der Waals surface area contributed by atoms with Gasteiger partial charge in [-0.15, -0.1) is 0 Å². The maximum atomic E-state index is 8.63. The van der Waals surface area contributed by atoms with Crippen molar-refractivity contribution < 1.29 is 5.21 Å². The Balaban J connectivity index is 2.61. The summed E-state index contributed by atoms with van der Waals surface area (Å²) in [6.45, 7) is 7.80. The Morgan fingerprint density at radius 2 is 1.89 bits per heavy atom. The lowest BCUT2D eigenvalue weighted by Crippen LogP contribution is -2.32. The average Bonchev–Trinajstić information content (AvgIpc) is 2.25. The Labute approximate surface area is 109 Å². The lowest BCUT2D eigenvalue weighted by atomic mass is 10.1. The standard InChI is InChI=1S/C14H23N3O/c1-10-5-11(2)7-13(6-10)9-17(4)8-12(3)14(15)16-18/h5-7,12,18H,8-9H2,1-4H3,(H2,15,16). The molecule has 0 saturated carbocycles. The predicted octanol–water partition coefficient (Wildman–Crippen LogP) is 2.12. The zero-order valence-corrected chi connectivity index (χ0v) is 11.6. The largest absolute Gasteiger partial charge is 0.409 e. The van der Waals surface area contributed by atoms with E-state index in [0.717, 1.165) is 13.1 Å². The number of hydrogen-bond donors (Lipinski definition) is 2. The Morgan fingerprint density at radius 1 is 1.33 bits per heavy atom. The van der Waals surface area contributed by atoms with Gasteiger partial charge in [-0.1, -0.05) is 41.4 Å². The van der Waals surface area contributed by atoms with E-state index in [-0.39, 0.29) is 11.8 Å². The minimum Gasteiger partial charge on any atom is -0.409 e. The summed E-state index contributed by atoms with van der Waals surface area (Å²) in [5.41, 5.74) is 9.43. The summed E-state index contributed by atoms with van der Waals surface area (Å²) < 4.78 is 0. The number of nitrogens with zero attached hydrogens (tertiary/aromatic N) is 2. The Morgan fingerprint density at radius 3 is 2.39 bits per heavy atom. The van der Waals surface area contributed by atoms with Crippen molar-refractivity contribution in [2.45, 2.75) is 27.3 Å². The van der Waals surface area contributed by atoms with Crippen LogP contribution < -0.4 is 5.73 Å². The van der Waals surface area contributed by atoms with Crippen LogP contribution in [0.3, 0.4) is 0 Å². The molecule has 0 heterocycles. The van der Waals surface area contributed by atoms with Crippen molar-refractivity contribution in [1.29, 1.82) is 0 Å². The SMILES string of the molecule is Cc1cc(C)cc(CN(C)CC(C)/C(N)=N/O)c1. The highest BCUT2D eigenvalue weighted by molar-refractivity contribution is 5.82. The van der Waals surface area contributed by atoms with E-state index in [0.29, 0.717) is 0 Å². The van der Waals surface area contributed by atoms with Gasteiger partial charge in [0.15, 0.2) is 0 Å². The van der Waals surface area contributed by atoms with E-state index < -0.39 is 0 Å². The van der Waals surface area contributed by atoms with E-state index >= 15 is 0 Å². The lowest BCUT2D eigenvalue weighted by molar-refractivity contribution is 0.290. The van der Waals surface area contributed by atoms with Crippen LogP contribution in [0, 0.1) is 19.8 Å². The van der Waals surface area contributed by atoms with Gasteiger partial charge in [0, 0.05) is 19.0 Å². The number of nitrogens with two attached hydrogens (primary N) is 1. The molecule has 1 unspecified atom stereocenters. The summed E-state index contributed by atoms with van der Waals surface area (Å²) in [5.74, 6) is 0.327. The smallest absolute Gasteiger partial charge is 0.143 e. The maximum Gasteiger partial charge on any atom is 0.143 e. The number of hydrogen-bond acceptors (Lipinski definition) is 3. The van der Waals surface area contributed by atoms with Crippen LogP contribution in [-0.4, -0.2) is 29.5 Å². The van der Waals surface area contributed by atoms with Gasteiger partial charge in [-0.3, -0.25) is 0 Å². The molecule has 0 radical (unpaired) electrons. The van der Waals surface area contributed by atoms with Crippen LogP contribution in [0.1, 0.15) is 23.6 Å². The maximum absolute atomic E-state index is 8.63. The quantitative estimate of drug-likeness (QED) is 0.364. The molecule has 100 valence electrons. The number of aryl methyl sites for hydroxylation is 2. The summed E-state index contributed by atoms with van der Waals surface area (Å²) in [5, 5.41) is 11.7. The molecule has 0 aliphatic heterocycles. The van der Waals surface area contributed by atoms with Crippen molar-refractivity contribution in [3.05, 3.63) is 34.9 Å². The first kappa shape index (κ1) is 14.5. The third kappa shape index (κ3) is 4.37. The third-order valence-corrected chi connectivity index (χ3v) is 2.94. The Bertz CT molecular complexity index is 409. The van der Waals surface area contributed by atoms with Crippen molar-refractivity contribution in [3.8, 4) is 0 Å². The highest BCUT2D eigenvalue weighted by Crippen LogP contribution is 2.11. The molecule has 1 aromatic carbocycles. The highest BCUT2D eigenvalue weighted by atomic mass is 16.4. The van der Waals surface area contributed by atoms with Gasteiger partial charge >= 0.3 is 0 Å². The molecular formula is C14H23N3O. The fourth-order valence-electron chi connectivity index (χ4n) is 2.20.